The Bertz CT molecular complexity index is 860. The molecule has 0 aliphatic heterocycles. The lowest BCUT2D eigenvalue weighted by atomic mass is 10.3. The van der Waals surface area contributed by atoms with Gasteiger partial charge in [-0.15, -0.1) is 0 Å². The van der Waals surface area contributed by atoms with Crippen LogP contribution in [0, 0.1) is 0 Å². The molecule has 0 saturated carbocycles. The van der Waals surface area contributed by atoms with Gasteiger partial charge < -0.3 is 15.8 Å². The maximum atomic E-state index is 11.7. The van der Waals surface area contributed by atoms with Crippen molar-refractivity contribution < 1.29 is 4.74 Å². The molecule has 0 aliphatic rings. The number of ether oxygens (including phenoxy) is 1. The van der Waals surface area contributed by atoms with E-state index in [0.29, 0.717) is 11.8 Å². The molecule has 7 heteroatoms. The van der Waals surface area contributed by atoms with Crippen LogP contribution in [-0.4, -0.2) is 21.6 Å². The predicted molar refractivity (Wildman–Crippen MR) is 88.3 cm³/mol. The van der Waals surface area contributed by atoms with Gasteiger partial charge in [-0.25, -0.2) is 9.55 Å². The zero-order chi connectivity index (χ0) is 16.2. The fourth-order valence-electron chi connectivity index (χ4n) is 2.11. The molecule has 0 aliphatic carbocycles. The van der Waals surface area contributed by atoms with E-state index in [-0.39, 0.29) is 5.82 Å². The molecular weight excluding hydrogens is 294 g/mol. The van der Waals surface area contributed by atoms with Crippen molar-refractivity contribution in [3.8, 4) is 11.6 Å². The van der Waals surface area contributed by atoms with Gasteiger partial charge in [0.25, 0.3) is 5.56 Å². The number of nitrogens with one attached hydrogen (secondary N) is 1. The van der Waals surface area contributed by atoms with E-state index < -0.39 is 5.56 Å². The maximum Gasteiger partial charge on any atom is 0.276 e. The zero-order valence-electron chi connectivity index (χ0n) is 12.4. The third-order valence-electron chi connectivity index (χ3n) is 3.18. The van der Waals surface area contributed by atoms with Gasteiger partial charge in [0.15, 0.2) is 0 Å². The summed E-state index contributed by atoms with van der Waals surface area (Å²) in [5.74, 6) is 1.84. The van der Waals surface area contributed by atoms with E-state index in [1.807, 2.05) is 18.2 Å². The fraction of sp³-hybridized carbons (Fsp3) is 0.0625. The molecule has 0 fully saturated rings. The van der Waals surface area contributed by atoms with Crippen LogP contribution < -0.4 is 21.3 Å². The number of nitrogen functional groups attached to an aromatic ring is 1. The zero-order valence-corrected chi connectivity index (χ0v) is 12.4. The molecule has 0 saturated heterocycles. The van der Waals surface area contributed by atoms with Crippen LogP contribution in [0.5, 0.6) is 5.75 Å². The van der Waals surface area contributed by atoms with Crippen LogP contribution in [0.25, 0.3) is 5.82 Å². The summed E-state index contributed by atoms with van der Waals surface area (Å²) in [5.41, 5.74) is 6.29. The number of hydrogen-bond donors (Lipinski definition) is 2. The molecule has 2 heterocycles. The summed E-state index contributed by atoms with van der Waals surface area (Å²) in [6.07, 6.45) is 1.64. The smallest absolute Gasteiger partial charge is 0.276 e. The van der Waals surface area contributed by atoms with Crippen molar-refractivity contribution in [1.82, 2.24) is 14.5 Å². The molecule has 3 rings (SSSR count). The first kappa shape index (κ1) is 14.6. The topological polar surface area (TPSA) is 95.1 Å². The molecule has 2 aromatic heterocycles. The van der Waals surface area contributed by atoms with Crippen molar-refractivity contribution >= 4 is 17.5 Å². The molecule has 3 N–H and O–H groups in total. The van der Waals surface area contributed by atoms with Crippen molar-refractivity contribution in [2.75, 3.05) is 18.2 Å². The van der Waals surface area contributed by atoms with Gasteiger partial charge in [-0.1, -0.05) is 6.07 Å². The number of rotatable bonds is 4. The summed E-state index contributed by atoms with van der Waals surface area (Å²) >= 11 is 0. The number of nitrogens with zero attached hydrogens (tertiary/aromatic N) is 3. The fourth-order valence-corrected chi connectivity index (χ4v) is 2.11. The highest BCUT2D eigenvalue weighted by atomic mass is 16.5. The Kier molecular flexibility index (Phi) is 3.92. The Balaban J connectivity index is 2.05. The van der Waals surface area contributed by atoms with Crippen molar-refractivity contribution in [2.45, 2.75) is 0 Å². The van der Waals surface area contributed by atoms with Crippen LogP contribution in [0.1, 0.15) is 0 Å². The van der Waals surface area contributed by atoms with Crippen LogP contribution in [-0.2, 0) is 0 Å². The highest BCUT2D eigenvalue weighted by Gasteiger charge is 2.10. The molecule has 0 bridgehead atoms. The first-order valence-corrected chi connectivity index (χ1v) is 6.89. The average Bonchev–Trinajstić information content (AvgIpc) is 2.56. The van der Waals surface area contributed by atoms with Crippen LogP contribution in [0.2, 0.25) is 0 Å². The molecule has 0 spiro atoms. The largest absolute Gasteiger partial charge is 0.497 e. The third-order valence-corrected chi connectivity index (χ3v) is 3.18. The number of benzene rings is 1. The van der Waals surface area contributed by atoms with Crippen molar-refractivity contribution in [2.24, 2.45) is 0 Å². The van der Waals surface area contributed by atoms with E-state index in [1.165, 1.54) is 6.07 Å². The molecule has 0 atom stereocenters. The van der Waals surface area contributed by atoms with Gasteiger partial charge in [0, 0.05) is 18.0 Å². The number of anilines is 3. The van der Waals surface area contributed by atoms with Crippen molar-refractivity contribution in [3.05, 3.63) is 65.1 Å². The van der Waals surface area contributed by atoms with Gasteiger partial charge >= 0.3 is 0 Å². The minimum atomic E-state index is -0.425. The normalized spacial score (nSPS) is 10.3. The van der Waals surface area contributed by atoms with Crippen molar-refractivity contribution in [3.63, 3.8) is 0 Å². The van der Waals surface area contributed by atoms with E-state index in [1.54, 1.807) is 42.1 Å². The Labute approximate surface area is 132 Å². The molecular formula is C16H15N5O2. The first-order chi connectivity index (χ1) is 11.2. The Morgan fingerprint density at radius 3 is 2.61 bits per heavy atom. The summed E-state index contributed by atoms with van der Waals surface area (Å²) in [4.78, 5) is 19.9. The monoisotopic (exact) mass is 309 g/mol. The number of aromatic nitrogens is 3. The lowest BCUT2D eigenvalue weighted by Crippen LogP contribution is -2.18. The molecule has 116 valence electrons. The van der Waals surface area contributed by atoms with E-state index in [4.69, 9.17) is 10.5 Å². The van der Waals surface area contributed by atoms with Gasteiger partial charge in [-0.05, 0) is 36.4 Å². The van der Waals surface area contributed by atoms with Gasteiger partial charge in [-0.2, -0.15) is 4.98 Å². The number of pyridine rings is 1. The van der Waals surface area contributed by atoms with E-state index in [0.717, 1.165) is 11.4 Å². The number of nitrogens with two attached hydrogens (primary N) is 1. The predicted octanol–water partition coefficient (Wildman–Crippen LogP) is 1.96. The summed E-state index contributed by atoms with van der Waals surface area (Å²) in [6, 6.07) is 13.9. The molecule has 0 unspecified atom stereocenters. The minimum Gasteiger partial charge on any atom is -0.497 e. The van der Waals surface area contributed by atoms with E-state index in [2.05, 4.69) is 15.3 Å². The maximum absolute atomic E-state index is 11.7. The van der Waals surface area contributed by atoms with Crippen LogP contribution in [0.3, 0.4) is 0 Å². The average molecular weight is 309 g/mol. The molecule has 7 nitrogen and oxygen atoms in total. The Hall–Kier alpha value is -3.35. The van der Waals surface area contributed by atoms with E-state index in [9.17, 15) is 4.79 Å². The van der Waals surface area contributed by atoms with Crippen LogP contribution in [0.4, 0.5) is 17.5 Å². The van der Waals surface area contributed by atoms with E-state index >= 15 is 0 Å². The quantitative estimate of drug-likeness (QED) is 0.765. The summed E-state index contributed by atoms with van der Waals surface area (Å²) in [6.45, 7) is 0. The molecule has 3 aromatic rings. The highest BCUT2D eigenvalue weighted by molar-refractivity contribution is 5.58. The standard InChI is InChI=1S/C16H15N5O2/c1-23-12-7-5-11(6-8-12)19-16-20-15(22)10-13(17)21(16)14-4-2-3-9-18-14/h2-10H,17H2,1H3,(H,19,20,22). The van der Waals surface area contributed by atoms with Gasteiger partial charge in [-0.3, -0.25) is 4.79 Å². The first-order valence-electron chi connectivity index (χ1n) is 6.89. The summed E-state index contributed by atoms with van der Waals surface area (Å²) < 4.78 is 6.70. The lowest BCUT2D eigenvalue weighted by molar-refractivity contribution is 0.415. The summed E-state index contributed by atoms with van der Waals surface area (Å²) in [5, 5.41) is 3.08. The second kappa shape index (κ2) is 6.18. The van der Waals surface area contributed by atoms with Crippen LogP contribution >= 0.6 is 0 Å². The van der Waals surface area contributed by atoms with Gasteiger partial charge in [0.1, 0.15) is 17.4 Å². The second-order valence-corrected chi connectivity index (χ2v) is 4.72. The number of hydrogen-bond acceptors (Lipinski definition) is 6. The Morgan fingerprint density at radius 1 is 1.17 bits per heavy atom. The minimum absolute atomic E-state index is 0.250. The van der Waals surface area contributed by atoms with Crippen LogP contribution in [0.15, 0.2) is 59.5 Å². The van der Waals surface area contributed by atoms with Gasteiger partial charge in [0.2, 0.25) is 5.95 Å². The van der Waals surface area contributed by atoms with Gasteiger partial charge in [0.05, 0.1) is 7.11 Å². The highest BCUT2D eigenvalue weighted by Crippen LogP contribution is 2.21. The number of methoxy groups -OCH3 is 1. The summed E-state index contributed by atoms with van der Waals surface area (Å²) in [7, 11) is 1.60. The molecule has 0 radical (unpaired) electrons. The Morgan fingerprint density at radius 2 is 1.96 bits per heavy atom. The van der Waals surface area contributed by atoms with Crippen molar-refractivity contribution in [1.29, 1.82) is 0 Å². The SMILES string of the molecule is COc1ccc(Nc2nc(=O)cc(N)n2-c2ccccn2)cc1. The molecule has 23 heavy (non-hydrogen) atoms. The lowest BCUT2D eigenvalue weighted by Gasteiger charge is -2.15. The third kappa shape index (κ3) is 3.13. The molecule has 1 aromatic carbocycles. The second-order valence-electron chi connectivity index (χ2n) is 4.72. The molecule has 0 amide bonds.